The highest BCUT2D eigenvalue weighted by atomic mass is 32.1. The van der Waals surface area contributed by atoms with Gasteiger partial charge in [-0.25, -0.2) is 0 Å². The Morgan fingerprint density at radius 1 is 1.16 bits per heavy atom. The molecule has 136 valence electrons. The van der Waals surface area contributed by atoms with E-state index in [1.54, 1.807) is 7.11 Å². The molecule has 3 nitrogen and oxygen atoms in total. The van der Waals surface area contributed by atoms with Crippen LogP contribution in [0.1, 0.15) is 65.2 Å². The monoisotopic (exact) mass is 359 g/mol. The van der Waals surface area contributed by atoms with Crippen LogP contribution in [0.2, 0.25) is 0 Å². The number of hydrogen-bond donors (Lipinski definition) is 0. The fraction of sp³-hybridized carbons (Fsp3) is 0.810. The number of ketones is 1. The van der Waals surface area contributed by atoms with E-state index in [1.165, 1.54) is 24.8 Å². The van der Waals surface area contributed by atoms with Gasteiger partial charge in [-0.2, -0.15) is 4.99 Å². The summed E-state index contributed by atoms with van der Waals surface area (Å²) in [5, 5.41) is 2.63. The molecule has 0 aromatic carbocycles. The molecule has 25 heavy (non-hydrogen) atoms. The van der Waals surface area contributed by atoms with Crippen LogP contribution in [0.25, 0.3) is 0 Å². The lowest BCUT2D eigenvalue weighted by Gasteiger charge is -2.58. The summed E-state index contributed by atoms with van der Waals surface area (Å²) in [4.78, 5) is 16.5. The summed E-state index contributed by atoms with van der Waals surface area (Å²) < 4.78 is 5.99. The van der Waals surface area contributed by atoms with E-state index >= 15 is 0 Å². The highest BCUT2D eigenvalue weighted by Gasteiger charge is 2.65. The number of rotatable bonds is 2. The number of carbonyl (C=O) groups excluding carboxylic acids is 1. The SMILES string of the molecule is COC1(N=C=S)CC[C@@H]2[C@@H]3CCC4=CC(=O)CC[C@]4(C)[C@@H]3CCC21C. The van der Waals surface area contributed by atoms with Crippen molar-refractivity contribution in [2.75, 3.05) is 7.11 Å². The molecular formula is C21H29NO2S. The number of carbonyl (C=O) groups is 1. The topological polar surface area (TPSA) is 38.7 Å². The maximum absolute atomic E-state index is 11.9. The van der Waals surface area contributed by atoms with Crippen LogP contribution in [0.5, 0.6) is 0 Å². The molecule has 4 aliphatic rings. The zero-order valence-electron chi connectivity index (χ0n) is 15.6. The predicted molar refractivity (Wildman–Crippen MR) is 101 cm³/mol. The normalized spacial score (nSPS) is 48.7. The minimum absolute atomic E-state index is 0.0524. The number of thiocarbonyl (C=S) groups is 1. The average molecular weight is 360 g/mol. The fourth-order valence-electron chi connectivity index (χ4n) is 7.17. The van der Waals surface area contributed by atoms with E-state index in [2.05, 4.69) is 24.0 Å². The molecule has 0 saturated heterocycles. The Balaban J connectivity index is 1.70. The number of isothiocyanates is 1. The molecule has 4 rings (SSSR count). The minimum Gasteiger partial charge on any atom is -0.356 e. The molecule has 6 atom stereocenters. The van der Waals surface area contributed by atoms with E-state index in [9.17, 15) is 4.79 Å². The van der Waals surface area contributed by atoms with Crippen molar-refractivity contribution >= 4 is 23.2 Å². The lowest BCUT2D eigenvalue weighted by Crippen LogP contribution is -2.54. The Morgan fingerprint density at radius 2 is 1.92 bits per heavy atom. The molecule has 2 unspecified atom stereocenters. The first-order valence-corrected chi connectivity index (χ1v) is 10.2. The van der Waals surface area contributed by atoms with Gasteiger partial charge in [0.15, 0.2) is 11.5 Å². The van der Waals surface area contributed by atoms with E-state index in [4.69, 9.17) is 17.0 Å². The van der Waals surface area contributed by atoms with Crippen molar-refractivity contribution in [3.63, 3.8) is 0 Å². The van der Waals surface area contributed by atoms with Gasteiger partial charge in [-0.1, -0.05) is 19.4 Å². The number of allylic oxidation sites excluding steroid dienone is 1. The van der Waals surface area contributed by atoms with E-state index in [1.807, 2.05) is 6.08 Å². The van der Waals surface area contributed by atoms with Crippen molar-refractivity contribution in [3.8, 4) is 0 Å². The van der Waals surface area contributed by atoms with Crippen molar-refractivity contribution in [1.29, 1.82) is 0 Å². The van der Waals surface area contributed by atoms with Crippen LogP contribution in [0, 0.1) is 28.6 Å². The van der Waals surface area contributed by atoms with E-state index in [0.717, 1.165) is 32.1 Å². The molecule has 0 heterocycles. The Kier molecular flexibility index (Phi) is 4.10. The molecule has 4 heteroatoms. The number of aliphatic imine (C=N–C) groups is 1. The number of nitrogens with zero attached hydrogens (tertiary/aromatic N) is 1. The van der Waals surface area contributed by atoms with Gasteiger partial charge >= 0.3 is 0 Å². The smallest absolute Gasteiger partial charge is 0.173 e. The number of ether oxygens (including phenoxy) is 1. The van der Waals surface area contributed by atoms with Crippen molar-refractivity contribution in [1.82, 2.24) is 0 Å². The third kappa shape index (κ3) is 2.23. The number of methoxy groups -OCH3 is 1. The minimum atomic E-state index is -0.482. The Hall–Kier alpha value is -0.830. The van der Waals surface area contributed by atoms with Gasteiger partial charge in [-0.15, -0.1) is 0 Å². The van der Waals surface area contributed by atoms with Crippen molar-refractivity contribution in [3.05, 3.63) is 11.6 Å². The lowest BCUT2D eigenvalue weighted by atomic mass is 9.47. The van der Waals surface area contributed by atoms with Gasteiger partial charge in [-0.3, -0.25) is 4.79 Å². The summed E-state index contributed by atoms with van der Waals surface area (Å²) in [5.41, 5.74) is 1.23. The largest absolute Gasteiger partial charge is 0.356 e. The van der Waals surface area contributed by atoms with Gasteiger partial charge in [-0.05, 0) is 86.4 Å². The third-order valence-corrected chi connectivity index (χ3v) is 8.69. The molecule has 0 amide bonds. The van der Waals surface area contributed by atoms with Crippen LogP contribution in [0.4, 0.5) is 0 Å². The maximum Gasteiger partial charge on any atom is 0.173 e. The fourth-order valence-corrected chi connectivity index (χ4v) is 7.32. The molecular weight excluding hydrogens is 330 g/mol. The molecule has 0 radical (unpaired) electrons. The van der Waals surface area contributed by atoms with Crippen LogP contribution in [-0.2, 0) is 9.53 Å². The summed E-state index contributed by atoms with van der Waals surface area (Å²) in [5.74, 6) is 2.38. The van der Waals surface area contributed by atoms with Crippen molar-refractivity contribution in [2.24, 2.45) is 33.6 Å². The summed E-state index contributed by atoms with van der Waals surface area (Å²) in [6.07, 6.45) is 10.5. The van der Waals surface area contributed by atoms with Gasteiger partial charge in [0.25, 0.3) is 0 Å². The van der Waals surface area contributed by atoms with Gasteiger partial charge < -0.3 is 4.74 Å². The average Bonchev–Trinajstić information content (AvgIpc) is 2.89. The Bertz CT molecular complexity index is 681. The highest BCUT2D eigenvalue weighted by molar-refractivity contribution is 7.78. The van der Waals surface area contributed by atoms with Gasteiger partial charge in [0.2, 0.25) is 0 Å². The first kappa shape index (κ1) is 17.6. The zero-order valence-corrected chi connectivity index (χ0v) is 16.5. The zero-order chi connectivity index (χ0) is 17.9. The second-order valence-electron chi connectivity index (χ2n) is 9.16. The second kappa shape index (κ2) is 5.84. The summed E-state index contributed by atoms with van der Waals surface area (Å²) in [6, 6.07) is 0. The van der Waals surface area contributed by atoms with Crippen LogP contribution in [0.3, 0.4) is 0 Å². The van der Waals surface area contributed by atoms with E-state index in [-0.39, 0.29) is 10.8 Å². The lowest BCUT2D eigenvalue weighted by molar-refractivity contribution is -0.140. The third-order valence-electron chi connectivity index (χ3n) is 8.60. The Morgan fingerprint density at radius 3 is 2.64 bits per heavy atom. The highest BCUT2D eigenvalue weighted by Crippen LogP contribution is 2.68. The van der Waals surface area contributed by atoms with Crippen molar-refractivity contribution in [2.45, 2.75) is 70.9 Å². The molecule has 0 aromatic heterocycles. The number of hydrogen-bond acceptors (Lipinski definition) is 4. The molecule has 0 aliphatic heterocycles. The van der Waals surface area contributed by atoms with E-state index < -0.39 is 5.72 Å². The maximum atomic E-state index is 11.9. The van der Waals surface area contributed by atoms with Crippen LogP contribution >= 0.6 is 12.2 Å². The van der Waals surface area contributed by atoms with Gasteiger partial charge in [0.1, 0.15) is 0 Å². The summed E-state index contributed by atoms with van der Waals surface area (Å²) >= 11 is 4.95. The van der Waals surface area contributed by atoms with Crippen LogP contribution in [0.15, 0.2) is 16.6 Å². The molecule has 4 aliphatic carbocycles. The first-order valence-electron chi connectivity index (χ1n) is 9.78. The molecule has 0 aromatic rings. The number of fused-ring (bicyclic) bond motifs is 5. The standard InChI is InChI=1S/C21H29NO2S/c1-19-9-6-15(23)12-14(19)4-5-16-17(19)7-10-20(2)18(16)8-11-21(20,24-3)22-13-25/h12,16-18H,4-11H2,1-3H3/t16-,17-,18-,19+,20?,21?/m1/s1. The predicted octanol–water partition coefficient (Wildman–Crippen LogP) is 4.96. The second-order valence-corrected chi connectivity index (χ2v) is 9.34. The molecule has 0 N–H and O–H groups in total. The van der Waals surface area contributed by atoms with Gasteiger partial charge in [0.05, 0.1) is 5.16 Å². The van der Waals surface area contributed by atoms with Gasteiger partial charge in [0, 0.05) is 18.9 Å². The molecule has 3 fully saturated rings. The molecule has 3 saturated carbocycles. The molecule has 0 spiro atoms. The van der Waals surface area contributed by atoms with E-state index in [0.29, 0.717) is 23.5 Å². The van der Waals surface area contributed by atoms with Crippen molar-refractivity contribution < 1.29 is 9.53 Å². The Labute approximate surface area is 156 Å². The van der Waals surface area contributed by atoms with Crippen LogP contribution < -0.4 is 0 Å². The summed E-state index contributed by atoms with van der Waals surface area (Å²) in [7, 11) is 1.78. The van der Waals surface area contributed by atoms with Crippen LogP contribution in [-0.4, -0.2) is 23.8 Å². The first-order chi connectivity index (χ1) is 11.9. The molecule has 0 bridgehead atoms. The summed E-state index contributed by atoms with van der Waals surface area (Å²) in [6.45, 7) is 4.80. The quantitative estimate of drug-likeness (QED) is 0.516.